The predicted octanol–water partition coefficient (Wildman–Crippen LogP) is 2.53. The summed E-state index contributed by atoms with van der Waals surface area (Å²) in [6.45, 7) is 3.53. The maximum Gasteiger partial charge on any atom is 0.223 e. The Hall–Kier alpha value is -2.14. The highest BCUT2D eigenvalue weighted by Crippen LogP contribution is 2.21. The van der Waals surface area contributed by atoms with E-state index in [1.54, 1.807) is 6.20 Å². The Morgan fingerprint density at radius 1 is 1.39 bits per heavy atom. The largest absolute Gasteiger partial charge is 0.441 e. The van der Waals surface area contributed by atoms with E-state index in [1.165, 1.54) is 5.56 Å². The number of benzene rings is 1. The van der Waals surface area contributed by atoms with Crippen LogP contribution in [0.1, 0.15) is 30.7 Å². The summed E-state index contributed by atoms with van der Waals surface area (Å²) in [4.78, 5) is 18.4. The van der Waals surface area contributed by atoms with Gasteiger partial charge in [0.1, 0.15) is 0 Å². The summed E-state index contributed by atoms with van der Waals surface area (Å²) in [7, 11) is 0. The first kappa shape index (κ1) is 15.7. The van der Waals surface area contributed by atoms with E-state index >= 15 is 0 Å². The van der Waals surface area contributed by atoms with Crippen LogP contribution in [0.2, 0.25) is 0 Å². The van der Waals surface area contributed by atoms with Crippen LogP contribution in [0.4, 0.5) is 0 Å². The summed E-state index contributed by atoms with van der Waals surface area (Å²) in [5.41, 5.74) is 8.13. The average Bonchev–Trinajstić information content (AvgIpc) is 3.02. The van der Waals surface area contributed by atoms with Crippen LogP contribution in [-0.2, 0) is 11.2 Å². The number of nitrogens with two attached hydrogens (primary N) is 1. The van der Waals surface area contributed by atoms with Crippen molar-refractivity contribution < 1.29 is 9.21 Å². The molecular formula is C18H23N3O2. The molecule has 1 aromatic heterocycles. The molecule has 1 saturated heterocycles. The third-order valence-corrected chi connectivity index (χ3v) is 4.25. The normalized spacial score (nSPS) is 18.2. The number of carbonyl (C=O) groups is 1. The summed E-state index contributed by atoms with van der Waals surface area (Å²) in [6, 6.07) is 8.23. The molecule has 1 aliphatic heterocycles. The van der Waals surface area contributed by atoms with Crippen LogP contribution in [0.15, 0.2) is 34.9 Å². The fourth-order valence-corrected chi connectivity index (χ4v) is 2.89. The number of carbonyl (C=O) groups excluding carboxylic acids is 1. The summed E-state index contributed by atoms with van der Waals surface area (Å²) in [5, 5.41) is 0. The molecule has 2 N–H and O–H groups in total. The molecule has 0 bridgehead atoms. The van der Waals surface area contributed by atoms with Gasteiger partial charge >= 0.3 is 0 Å². The minimum absolute atomic E-state index is 0.113. The molecule has 0 radical (unpaired) electrons. The van der Waals surface area contributed by atoms with Gasteiger partial charge in [-0.3, -0.25) is 4.79 Å². The van der Waals surface area contributed by atoms with E-state index in [0.29, 0.717) is 25.3 Å². The van der Waals surface area contributed by atoms with Crippen LogP contribution in [0.3, 0.4) is 0 Å². The molecule has 5 nitrogen and oxygen atoms in total. The fourth-order valence-electron chi connectivity index (χ4n) is 2.89. The summed E-state index contributed by atoms with van der Waals surface area (Å²) < 4.78 is 5.76. The molecule has 0 saturated carbocycles. The summed E-state index contributed by atoms with van der Waals surface area (Å²) in [5.74, 6) is 1.48. The molecule has 0 aliphatic carbocycles. The topological polar surface area (TPSA) is 72.4 Å². The molecule has 0 spiro atoms. The lowest BCUT2D eigenvalue weighted by atomic mass is 10.1. The van der Waals surface area contributed by atoms with Crippen molar-refractivity contribution in [2.45, 2.75) is 38.6 Å². The van der Waals surface area contributed by atoms with Crippen LogP contribution in [0, 0.1) is 6.92 Å². The molecule has 23 heavy (non-hydrogen) atoms. The lowest BCUT2D eigenvalue weighted by Crippen LogP contribution is -2.45. The molecule has 1 fully saturated rings. The van der Waals surface area contributed by atoms with Crippen LogP contribution < -0.4 is 5.73 Å². The molecular weight excluding hydrogens is 290 g/mol. The van der Waals surface area contributed by atoms with Crippen LogP contribution >= 0.6 is 0 Å². The Balaban J connectivity index is 1.56. The Morgan fingerprint density at radius 2 is 2.17 bits per heavy atom. The highest BCUT2D eigenvalue weighted by atomic mass is 16.4. The number of amides is 1. The highest BCUT2D eigenvalue weighted by molar-refractivity contribution is 5.76. The van der Waals surface area contributed by atoms with Gasteiger partial charge in [-0.15, -0.1) is 0 Å². The third kappa shape index (κ3) is 3.99. The van der Waals surface area contributed by atoms with Gasteiger partial charge in [-0.1, -0.05) is 29.8 Å². The predicted molar refractivity (Wildman–Crippen MR) is 88.8 cm³/mol. The van der Waals surface area contributed by atoms with Crippen molar-refractivity contribution in [1.82, 2.24) is 9.88 Å². The number of aromatic nitrogens is 1. The number of hydrogen-bond donors (Lipinski definition) is 1. The van der Waals surface area contributed by atoms with Gasteiger partial charge in [0, 0.05) is 37.5 Å². The number of rotatable bonds is 4. The smallest absolute Gasteiger partial charge is 0.223 e. The van der Waals surface area contributed by atoms with Crippen molar-refractivity contribution in [2.75, 3.05) is 13.1 Å². The van der Waals surface area contributed by atoms with Gasteiger partial charge < -0.3 is 15.1 Å². The zero-order valence-corrected chi connectivity index (χ0v) is 13.5. The first-order valence-corrected chi connectivity index (χ1v) is 8.17. The van der Waals surface area contributed by atoms with Crippen molar-refractivity contribution in [3.05, 3.63) is 41.9 Å². The fraction of sp³-hybridized carbons (Fsp3) is 0.444. The van der Waals surface area contributed by atoms with Gasteiger partial charge in [-0.2, -0.15) is 0 Å². The van der Waals surface area contributed by atoms with E-state index in [0.717, 1.165) is 30.7 Å². The maximum absolute atomic E-state index is 12.2. The van der Waals surface area contributed by atoms with Crippen molar-refractivity contribution in [3.8, 4) is 11.3 Å². The molecule has 1 amide bonds. The second-order valence-electron chi connectivity index (χ2n) is 6.23. The van der Waals surface area contributed by atoms with E-state index in [-0.39, 0.29) is 11.9 Å². The molecule has 1 unspecified atom stereocenters. The average molecular weight is 313 g/mol. The second kappa shape index (κ2) is 6.96. The first-order valence-electron chi connectivity index (χ1n) is 8.17. The number of hydrogen-bond acceptors (Lipinski definition) is 4. The minimum atomic E-state index is 0.113. The Morgan fingerprint density at radius 3 is 2.91 bits per heavy atom. The lowest BCUT2D eigenvalue weighted by molar-refractivity contribution is -0.132. The number of likely N-dealkylation sites (tertiary alicyclic amines) is 1. The van der Waals surface area contributed by atoms with Crippen molar-refractivity contribution in [1.29, 1.82) is 0 Å². The van der Waals surface area contributed by atoms with E-state index in [1.807, 2.05) is 36.1 Å². The van der Waals surface area contributed by atoms with Gasteiger partial charge in [-0.05, 0) is 19.8 Å². The van der Waals surface area contributed by atoms with Gasteiger partial charge in [-0.25, -0.2) is 4.98 Å². The van der Waals surface area contributed by atoms with E-state index in [4.69, 9.17) is 10.2 Å². The summed E-state index contributed by atoms with van der Waals surface area (Å²) in [6.07, 6.45) is 4.66. The monoisotopic (exact) mass is 313 g/mol. The number of aryl methyl sites for hydroxylation is 2. The van der Waals surface area contributed by atoms with Crippen molar-refractivity contribution in [3.63, 3.8) is 0 Å². The van der Waals surface area contributed by atoms with Crippen LogP contribution in [0.25, 0.3) is 11.3 Å². The molecule has 3 rings (SSSR count). The second-order valence-corrected chi connectivity index (χ2v) is 6.23. The van der Waals surface area contributed by atoms with Crippen LogP contribution in [-0.4, -0.2) is 34.9 Å². The van der Waals surface area contributed by atoms with Gasteiger partial charge in [0.2, 0.25) is 5.91 Å². The highest BCUT2D eigenvalue weighted by Gasteiger charge is 2.21. The number of oxazole rings is 1. The van der Waals surface area contributed by atoms with Gasteiger partial charge in [0.15, 0.2) is 11.7 Å². The molecule has 2 heterocycles. The molecule has 5 heteroatoms. The lowest BCUT2D eigenvalue weighted by Gasteiger charge is -2.30. The van der Waals surface area contributed by atoms with E-state index in [2.05, 4.69) is 4.98 Å². The maximum atomic E-state index is 12.2. The molecule has 1 aromatic carbocycles. The summed E-state index contributed by atoms with van der Waals surface area (Å²) >= 11 is 0. The molecule has 1 aliphatic rings. The van der Waals surface area contributed by atoms with E-state index < -0.39 is 0 Å². The molecule has 1 atom stereocenters. The van der Waals surface area contributed by atoms with Crippen LogP contribution in [0.5, 0.6) is 0 Å². The van der Waals surface area contributed by atoms with Crippen molar-refractivity contribution in [2.24, 2.45) is 5.73 Å². The van der Waals surface area contributed by atoms with Gasteiger partial charge in [0.25, 0.3) is 0 Å². The quantitative estimate of drug-likeness (QED) is 0.941. The van der Waals surface area contributed by atoms with Gasteiger partial charge in [0.05, 0.1) is 6.20 Å². The van der Waals surface area contributed by atoms with E-state index in [9.17, 15) is 4.79 Å². The third-order valence-electron chi connectivity index (χ3n) is 4.25. The Labute approximate surface area is 136 Å². The number of piperidine rings is 1. The zero-order valence-electron chi connectivity index (χ0n) is 13.5. The zero-order chi connectivity index (χ0) is 16.2. The standard InChI is InChI=1S/C18H23N3O2/c1-13-4-6-14(7-5-13)16-11-20-17(23-16)8-9-18(22)21-10-2-3-15(19)12-21/h4-7,11,15H,2-3,8-10,12,19H2,1H3. The number of nitrogens with zero attached hydrogens (tertiary/aromatic N) is 2. The first-order chi connectivity index (χ1) is 11.1. The minimum Gasteiger partial charge on any atom is -0.441 e. The van der Waals surface area contributed by atoms with Crippen molar-refractivity contribution >= 4 is 5.91 Å². The Kier molecular flexibility index (Phi) is 4.76. The molecule has 2 aromatic rings. The molecule has 122 valence electrons. The Bertz CT molecular complexity index is 663. The SMILES string of the molecule is Cc1ccc(-c2cnc(CCC(=O)N3CCCC(N)C3)o2)cc1.